The van der Waals surface area contributed by atoms with Crippen molar-refractivity contribution in [2.24, 2.45) is 4.99 Å². The van der Waals surface area contributed by atoms with E-state index in [1.54, 1.807) is 24.6 Å². The van der Waals surface area contributed by atoms with Crippen LogP contribution in [0.5, 0.6) is 5.88 Å². The molecule has 0 bridgehead atoms. The van der Waals surface area contributed by atoms with Gasteiger partial charge in [-0.3, -0.25) is 0 Å². The third kappa shape index (κ3) is 5.92. The van der Waals surface area contributed by atoms with E-state index in [-0.39, 0.29) is 24.0 Å². The lowest BCUT2D eigenvalue weighted by atomic mass is 10.3. The van der Waals surface area contributed by atoms with Crippen LogP contribution < -0.4 is 15.0 Å². The van der Waals surface area contributed by atoms with Crippen molar-refractivity contribution in [1.82, 2.24) is 20.2 Å². The molecule has 3 heterocycles. The van der Waals surface area contributed by atoms with Crippen molar-refractivity contribution in [3.8, 4) is 5.88 Å². The summed E-state index contributed by atoms with van der Waals surface area (Å²) >= 11 is 5.13. The van der Waals surface area contributed by atoms with Crippen molar-refractivity contribution in [3.05, 3.63) is 33.1 Å². The van der Waals surface area contributed by atoms with Gasteiger partial charge in [0, 0.05) is 37.6 Å². The third-order valence-corrected chi connectivity index (χ3v) is 5.46. The molecule has 1 saturated heterocycles. The highest BCUT2D eigenvalue weighted by Gasteiger charge is 2.22. The summed E-state index contributed by atoms with van der Waals surface area (Å²) in [5.74, 6) is 2.23. The summed E-state index contributed by atoms with van der Waals surface area (Å²) in [4.78, 5) is 19.4. The van der Waals surface area contributed by atoms with Gasteiger partial charge in [-0.05, 0) is 34.3 Å². The topological polar surface area (TPSA) is 65.9 Å². The fourth-order valence-corrected chi connectivity index (χ4v) is 3.72. The van der Waals surface area contributed by atoms with Gasteiger partial charge in [0.05, 0.1) is 24.3 Å². The molecule has 1 fully saturated rings. The molecule has 2 aromatic rings. The van der Waals surface area contributed by atoms with Crippen molar-refractivity contribution in [3.63, 3.8) is 0 Å². The molecule has 7 nitrogen and oxygen atoms in total. The number of aliphatic imine (C=N–C) groups is 1. The molecule has 0 spiro atoms. The summed E-state index contributed by atoms with van der Waals surface area (Å²) in [5.41, 5.74) is 0. The van der Waals surface area contributed by atoms with Gasteiger partial charge in [0.15, 0.2) is 5.96 Å². The third-order valence-electron chi connectivity index (χ3n) is 4.05. The molecule has 0 aliphatic carbocycles. The summed E-state index contributed by atoms with van der Waals surface area (Å²) in [5, 5.41) is 5.49. The predicted octanol–water partition coefficient (Wildman–Crippen LogP) is 3.21. The molecule has 0 amide bonds. The lowest BCUT2D eigenvalue weighted by Gasteiger charge is -2.36. The first-order chi connectivity index (χ1) is 12.7. The molecule has 10 heteroatoms. The second-order valence-electron chi connectivity index (χ2n) is 5.75. The zero-order chi connectivity index (χ0) is 18.4. The first kappa shape index (κ1) is 22.2. The fraction of sp³-hybridized carbons (Fsp3) is 0.471. The Hall–Kier alpha value is -1.14. The van der Waals surface area contributed by atoms with Gasteiger partial charge in [-0.2, -0.15) is 4.98 Å². The number of hydrogen-bond donors (Lipinski definition) is 1. The van der Waals surface area contributed by atoms with Crippen molar-refractivity contribution in [2.45, 2.75) is 13.5 Å². The summed E-state index contributed by atoms with van der Waals surface area (Å²) < 4.78 is 6.03. The average molecular weight is 567 g/mol. The maximum Gasteiger partial charge on any atom is 0.232 e. The second kappa shape index (κ2) is 11.0. The Morgan fingerprint density at radius 1 is 1.37 bits per heavy atom. The van der Waals surface area contributed by atoms with Crippen molar-refractivity contribution in [1.29, 1.82) is 0 Å². The summed E-state index contributed by atoms with van der Waals surface area (Å²) in [6.07, 6.45) is 1.74. The lowest BCUT2D eigenvalue weighted by molar-refractivity contribution is 0.366. The number of methoxy groups -OCH3 is 1. The van der Waals surface area contributed by atoms with Gasteiger partial charge in [0.2, 0.25) is 11.8 Å². The minimum Gasteiger partial charge on any atom is -0.480 e. The second-order valence-corrected chi connectivity index (χ2v) is 7.64. The van der Waals surface area contributed by atoms with Gasteiger partial charge < -0.3 is 19.9 Å². The number of rotatable bonds is 5. The molecule has 2 aromatic heterocycles. The summed E-state index contributed by atoms with van der Waals surface area (Å²) in [6.45, 7) is 7.10. The van der Waals surface area contributed by atoms with E-state index in [1.165, 1.54) is 4.88 Å². The predicted molar refractivity (Wildman–Crippen MR) is 125 cm³/mol. The molecule has 0 atom stereocenters. The molecule has 27 heavy (non-hydrogen) atoms. The van der Waals surface area contributed by atoms with Gasteiger partial charge in [-0.1, -0.05) is 6.07 Å². The van der Waals surface area contributed by atoms with Crippen molar-refractivity contribution < 1.29 is 4.74 Å². The molecule has 0 radical (unpaired) electrons. The highest BCUT2D eigenvalue weighted by atomic mass is 127. The van der Waals surface area contributed by atoms with Crippen LogP contribution in [-0.2, 0) is 6.54 Å². The van der Waals surface area contributed by atoms with E-state index in [4.69, 9.17) is 9.73 Å². The molecule has 148 valence electrons. The normalized spacial score (nSPS) is 14.7. The smallest absolute Gasteiger partial charge is 0.232 e. The molecule has 1 N–H and O–H groups in total. The quantitative estimate of drug-likeness (QED) is 0.341. The van der Waals surface area contributed by atoms with Crippen LogP contribution in [0.1, 0.15) is 11.8 Å². The Morgan fingerprint density at radius 2 is 2.15 bits per heavy atom. The number of anilines is 1. The first-order valence-corrected chi connectivity index (χ1v) is 10.3. The first-order valence-electron chi connectivity index (χ1n) is 8.58. The van der Waals surface area contributed by atoms with E-state index in [0.29, 0.717) is 18.4 Å². The highest BCUT2D eigenvalue weighted by Crippen LogP contribution is 2.24. The molecular weight excluding hydrogens is 543 g/mol. The number of hydrogen-bond acceptors (Lipinski definition) is 6. The van der Waals surface area contributed by atoms with Crippen LogP contribution in [0.2, 0.25) is 0 Å². The van der Waals surface area contributed by atoms with E-state index in [2.05, 4.69) is 65.5 Å². The average Bonchev–Trinajstić information content (AvgIpc) is 3.19. The van der Waals surface area contributed by atoms with Crippen LogP contribution in [0, 0.1) is 0 Å². The molecule has 0 saturated carbocycles. The standard InChI is InChI=1S/C17H23BrN6OS.HI/c1-3-19-16(20-11-13-5-4-10-26-13)23-6-8-24(9-7-23)17-21-12-14(18)15(22-17)25-2;/h4-5,10,12H,3,6-9,11H2,1-2H3,(H,19,20);1H. The van der Waals surface area contributed by atoms with Crippen molar-refractivity contribution >= 4 is 63.2 Å². The largest absolute Gasteiger partial charge is 0.480 e. The monoisotopic (exact) mass is 566 g/mol. The van der Waals surface area contributed by atoms with E-state index in [9.17, 15) is 0 Å². The molecule has 0 aromatic carbocycles. The maximum absolute atomic E-state index is 5.27. The Labute approximate surface area is 189 Å². The zero-order valence-corrected chi connectivity index (χ0v) is 20.1. The Balaban J connectivity index is 0.00000261. The molecular formula is C17H24BrIN6OS. The van der Waals surface area contributed by atoms with Crippen LogP contribution in [0.4, 0.5) is 5.95 Å². The number of halogens is 2. The van der Waals surface area contributed by atoms with Gasteiger partial charge in [0.25, 0.3) is 0 Å². The Bertz CT molecular complexity index is 737. The number of aromatic nitrogens is 2. The maximum atomic E-state index is 5.27. The number of thiophene rings is 1. The van der Waals surface area contributed by atoms with Crippen LogP contribution in [-0.4, -0.2) is 60.7 Å². The van der Waals surface area contributed by atoms with Crippen LogP contribution in [0.15, 0.2) is 33.2 Å². The SMILES string of the molecule is CCNC(=NCc1cccs1)N1CCN(c2ncc(Br)c(OC)n2)CC1.I. The molecule has 0 unspecified atom stereocenters. The van der Waals surface area contributed by atoms with E-state index >= 15 is 0 Å². The van der Waals surface area contributed by atoms with Crippen molar-refractivity contribution in [2.75, 3.05) is 44.7 Å². The lowest BCUT2D eigenvalue weighted by Crippen LogP contribution is -2.53. The minimum absolute atomic E-state index is 0. The number of ether oxygens (including phenoxy) is 1. The van der Waals surface area contributed by atoms with Crippen LogP contribution >= 0.6 is 51.2 Å². The van der Waals surface area contributed by atoms with E-state index in [1.807, 2.05) is 0 Å². The van der Waals surface area contributed by atoms with Gasteiger partial charge in [-0.25, -0.2) is 9.98 Å². The summed E-state index contributed by atoms with van der Waals surface area (Å²) in [6, 6.07) is 4.18. The van der Waals surface area contributed by atoms with Gasteiger partial charge in [0.1, 0.15) is 0 Å². The van der Waals surface area contributed by atoms with E-state index < -0.39 is 0 Å². The van der Waals surface area contributed by atoms with Crippen LogP contribution in [0.25, 0.3) is 0 Å². The highest BCUT2D eigenvalue weighted by molar-refractivity contribution is 14.0. The number of guanidine groups is 1. The number of nitrogens with zero attached hydrogens (tertiary/aromatic N) is 5. The number of nitrogens with one attached hydrogen (secondary N) is 1. The molecule has 3 rings (SSSR count). The Morgan fingerprint density at radius 3 is 2.78 bits per heavy atom. The van der Waals surface area contributed by atoms with E-state index in [0.717, 1.165) is 43.2 Å². The summed E-state index contributed by atoms with van der Waals surface area (Å²) in [7, 11) is 1.61. The fourth-order valence-electron chi connectivity index (χ4n) is 2.74. The van der Waals surface area contributed by atoms with Crippen LogP contribution in [0.3, 0.4) is 0 Å². The minimum atomic E-state index is 0. The van der Waals surface area contributed by atoms with Gasteiger partial charge in [-0.15, -0.1) is 35.3 Å². The molecule has 1 aliphatic heterocycles. The molecule has 1 aliphatic rings. The Kier molecular flexibility index (Phi) is 9.03. The number of piperazine rings is 1. The van der Waals surface area contributed by atoms with Gasteiger partial charge >= 0.3 is 0 Å². The zero-order valence-electron chi connectivity index (χ0n) is 15.4.